The van der Waals surface area contributed by atoms with Gasteiger partial charge in [-0.2, -0.15) is 0 Å². The molecule has 0 spiro atoms. The molecule has 3 nitrogen and oxygen atoms in total. The van der Waals surface area contributed by atoms with Crippen LogP contribution >= 0.6 is 0 Å². The molecule has 0 aromatic heterocycles. The van der Waals surface area contributed by atoms with Crippen LogP contribution < -0.4 is 5.32 Å². The minimum Gasteiger partial charge on any atom is -0.391 e. The molecule has 2 N–H and O–H groups in total. The molecule has 1 aliphatic rings. The van der Waals surface area contributed by atoms with Crippen LogP contribution in [0.25, 0.3) is 0 Å². The molecule has 0 aliphatic heterocycles. The normalized spacial score (nSPS) is 18.7. The Labute approximate surface area is 92.3 Å². The highest BCUT2D eigenvalue weighted by Crippen LogP contribution is 2.30. The summed E-state index contributed by atoms with van der Waals surface area (Å²) < 4.78 is 0. The largest absolute Gasteiger partial charge is 0.391 e. The summed E-state index contributed by atoms with van der Waals surface area (Å²) in [7, 11) is 0. The molecule has 1 saturated carbocycles. The van der Waals surface area contributed by atoms with Gasteiger partial charge in [0.1, 0.15) is 0 Å². The zero-order valence-electron chi connectivity index (χ0n) is 9.83. The number of carbonyl (C=O) groups excluding carboxylic acids is 1. The SMILES string of the molecule is CC(C)C(O)CNC(=O)CCC1CCC1. The number of nitrogens with one attached hydrogen (secondary N) is 1. The second kappa shape index (κ2) is 6.11. The van der Waals surface area contributed by atoms with Gasteiger partial charge in [-0.25, -0.2) is 0 Å². The summed E-state index contributed by atoms with van der Waals surface area (Å²) in [4.78, 5) is 11.4. The van der Waals surface area contributed by atoms with Crippen molar-refractivity contribution in [2.45, 2.75) is 52.1 Å². The lowest BCUT2D eigenvalue weighted by atomic mass is 9.82. The summed E-state index contributed by atoms with van der Waals surface area (Å²) in [6, 6.07) is 0. The highest BCUT2D eigenvalue weighted by atomic mass is 16.3. The second-order valence-electron chi connectivity index (χ2n) is 4.95. The molecule has 15 heavy (non-hydrogen) atoms. The fraction of sp³-hybridized carbons (Fsp3) is 0.917. The Morgan fingerprint density at radius 1 is 1.47 bits per heavy atom. The zero-order chi connectivity index (χ0) is 11.3. The van der Waals surface area contributed by atoms with Crippen molar-refractivity contribution in [3.05, 3.63) is 0 Å². The fourth-order valence-corrected chi connectivity index (χ4v) is 1.66. The predicted molar refractivity (Wildman–Crippen MR) is 60.4 cm³/mol. The monoisotopic (exact) mass is 213 g/mol. The van der Waals surface area contributed by atoms with Crippen LogP contribution in [-0.4, -0.2) is 23.7 Å². The maximum Gasteiger partial charge on any atom is 0.220 e. The van der Waals surface area contributed by atoms with Crippen molar-refractivity contribution in [1.29, 1.82) is 0 Å². The van der Waals surface area contributed by atoms with E-state index in [1.807, 2.05) is 13.8 Å². The van der Waals surface area contributed by atoms with Gasteiger partial charge >= 0.3 is 0 Å². The number of aliphatic hydroxyl groups is 1. The van der Waals surface area contributed by atoms with E-state index in [-0.39, 0.29) is 11.8 Å². The molecular weight excluding hydrogens is 190 g/mol. The number of carbonyl (C=O) groups is 1. The molecule has 0 aromatic carbocycles. The van der Waals surface area contributed by atoms with E-state index in [4.69, 9.17) is 0 Å². The number of hydrogen-bond acceptors (Lipinski definition) is 2. The topological polar surface area (TPSA) is 49.3 Å². The molecule has 1 amide bonds. The summed E-state index contributed by atoms with van der Waals surface area (Å²) in [5, 5.41) is 12.3. The Kier molecular flexibility index (Phi) is 5.09. The maximum atomic E-state index is 11.4. The summed E-state index contributed by atoms with van der Waals surface area (Å²) >= 11 is 0. The van der Waals surface area contributed by atoms with Crippen molar-refractivity contribution in [3.8, 4) is 0 Å². The third-order valence-corrected chi connectivity index (χ3v) is 3.28. The van der Waals surface area contributed by atoms with E-state index in [2.05, 4.69) is 5.32 Å². The van der Waals surface area contributed by atoms with Crippen molar-refractivity contribution in [1.82, 2.24) is 5.32 Å². The van der Waals surface area contributed by atoms with Crippen LogP contribution in [0.4, 0.5) is 0 Å². The molecule has 0 aromatic rings. The summed E-state index contributed by atoms with van der Waals surface area (Å²) in [5.74, 6) is 1.07. The van der Waals surface area contributed by atoms with Crippen LogP contribution in [-0.2, 0) is 4.79 Å². The number of amides is 1. The summed E-state index contributed by atoms with van der Waals surface area (Å²) in [6.45, 7) is 4.29. The number of aliphatic hydroxyl groups excluding tert-OH is 1. The minimum absolute atomic E-state index is 0.0848. The molecule has 0 heterocycles. The van der Waals surface area contributed by atoms with E-state index in [1.54, 1.807) is 0 Å². The minimum atomic E-state index is -0.419. The van der Waals surface area contributed by atoms with Gasteiger partial charge in [-0.3, -0.25) is 4.79 Å². The van der Waals surface area contributed by atoms with Gasteiger partial charge in [0.15, 0.2) is 0 Å². The number of hydrogen-bond donors (Lipinski definition) is 2. The van der Waals surface area contributed by atoms with Gasteiger partial charge in [-0.1, -0.05) is 33.1 Å². The van der Waals surface area contributed by atoms with Crippen LogP contribution in [0.1, 0.15) is 46.0 Å². The average molecular weight is 213 g/mol. The third-order valence-electron chi connectivity index (χ3n) is 3.28. The second-order valence-corrected chi connectivity index (χ2v) is 4.95. The van der Waals surface area contributed by atoms with E-state index in [9.17, 15) is 9.90 Å². The van der Waals surface area contributed by atoms with Crippen molar-refractivity contribution < 1.29 is 9.90 Å². The predicted octanol–water partition coefficient (Wildman–Crippen LogP) is 1.70. The van der Waals surface area contributed by atoms with Gasteiger partial charge in [0, 0.05) is 13.0 Å². The maximum absolute atomic E-state index is 11.4. The standard InChI is InChI=1S/C12H23NO2/c1-9(2)11(14)8-13-12(15)7-6-10-4-3-5-10/h9-11,14H,3-8H2,1-2H3,(H,13,15). The third kappa shape index (κ3) is 4.65. The highest BCUT2D eigenvalue weighted by molar-refractivity contribution is 5.75. The first-order valence-corrected chi connectivity index (χ1v) is 6.04. The van der Waals surface area contributed by atoms with Crippen LogP contribution in [0.3, 0.4) is 0 Å². The summed E-state index contributed by atoms with van der Waals surface area (Å²) in [5.41, 5.74) is 0. The van der Waals surface area contributed by atoms with Gasteiger partial charge in [-0.05, 0) is 18.3 Å². The van der Waals surface area contributed by atoms with Crippen LogP contribution in [0.15, 0.2) is 0 Å². The Morgan fingerprint density at radius 3 is 2.60 bits per heavy atom. The number of rotatable bonds is 6. The average Bonchev–Trinajstić information content (AvgIpc) is 2.11. The highest BCUT2D eigenvalue weighted by Gasteiger charge is 2.18. The molecule has 1 aliphatic carbocycles. The Hall–Kier alpha value is -0.570. The summed E-state index contributed by atoms with van der Waals surface area (Å²) in [6.07, 6.45) is 5.14. The molecule has 1 unspecified atom stereocenters. The first-order valence-electron chi connectivity index (χ1n) is 6.04. The van der Waals surface area contributed by atoms with Crippen molar-refractivity contribution in [3.63, 3.8) is 0 Å². The fourth-order valence-electron chi connectivity index (χ4n) is 1.66. The first kappa shape index (κ1) is 12.5. The Bertz CT molecular complexity index is 200. The van der Waals surface area contributed by atoms with Crippen molar-refractivity contribution >= 4 is 5.91 Å². The quantitative estimate of drug-likeness (QED) is 0.705. The van der Waals surface area contributed by atoms with Crippen molar-refractivity contribution in [2.24, 2.45) is 11.8 Å². The molecule has 1 rings (SSSR count). The molecule has 0 saturated heterocycles. The van der Waals surface area contributed by atoms with Crippen LogP contribution in [0.5, 0.6) is 0 Å². The first-order chi connectivity index (χ1) is 7.09. The van der Waals surface area contributed by atoms with Gasteiger partial charge < -0.3 is 10.4 Å². The molecule has 88 valence electrons. The van der Waals surface area contributed by atoms with Gasteiger partial charge in [0.2, 0.25) is 5.91 Å². The van der Waals surface area contributed by atoms with Crippen LogP contribution in [0, 0.1) is 11.8 Å². The molecule has 3 heteroatoms. The molecule has 1 atom stereocenters. The molecule has 1 fully saturated rings. The lowest BCUT2D eigenvalue weighted by molar-refractivity contribution is -0.122. The molecule has 0 radical (unpaired) electrons. The lowest BCUT2D eigenvalue weighted by Gasteiger charge is -2.24. The van der Waals surface area contributed by atoms with Gasteiger partial charge in [0.05, 0.1) is 6.10 Å². The van der Waals surface area contributed by atoms with E-state index < -0.39 is 6.10 Å². The van der Waals surface area contributed by atoms with E-state index in [0.29, 0.717) is 13.0 Å². The van der Waals surface area contributed by atoms with E-state index in [0.717, 1.165) is 12.3 Å². The van der Waals surface area contributed by atoms with E-state index in [1.165, 1.54) is 19.3 Å². The van der Waals surface area contributed by atoms with Crippen LogP contribution in [0.2, 0.25) is 0 Å². The molecular formula is C12H23NO2. The van der Waals surface area contributed by atoms with Gasteiger partial charge in [0.25, 0.3) is 0 Å². The smallest absolute Gasteiger partial charge is 0.220 e. The van der Waals surface area contributed by atoms with Gasteiger partial charge in [-0.15, -0.1) is 0 Å². The molecule has 0 bridgehead atoms. The van der Waals surface area contributed by atoms with E-state index >= 15 is 0 Å². The Morgan fingerprint density at radius 2 is 2.13 bits per heavy atom. The van der Waals surface area contributed by atoms with Crippen molar-refractivity contribution in [2.75, 3.05) is 6.54 Å². The Balaban J connectivity index is 2.02. The lowest BCUT2D eigenvalue weighted by Crippen LogP contribution is -2.34. The zero-order valence-corrected chi connectivity index (χ0v) is 9.83.